The molecule has 1 aromatic heterocycles. The third-order valence-corrected chi connectivity index (χ3v) is 6.31. The number of hydrogen-bond donors (Lipinski definition) is 1. The van der Waals surface area contributed by atoms with Gasteiger partial charge in [-0.05, 0) is 44.4 Å². The monoisotopic (exact) mass is 355 g/mol. The number of hydrogen-bond acceptors (Lipinski definition) is 5. The number of rotatable bonds is 4. The molecule has 0 saturated carbocycles. The van der Waals surface area contributed by atoms with Crippen LogP contribution in [0.25, 0.3) is 0 Å². The molecular weight excluding hydrogens is 330 g/mol. The summed E-state index contributed by atoms with van der Waals surface area (Å²) in [5.74, 6) is 0. The van der Waals surface area contributed by atoms with E-state index in [1.807, 2.05) is 18.6 Å². The van der Waals surface area contributed by atoms with E-state index in [0.29, 0.717) is 12.1 Å². The van der Waals surface area contributed by atoms with E-state index < -0.39 is 5.60 Å². The lowest BCUT2D eigenvalue weighted by molar-refractivity contribution is -0.0595. The van der Waals surface area contributed by atoms with Crippen molar-refractivity contribution in [1.82, 2.24) is 14.9 Å². The standard InChI is InChI=1S/C20H25N3OS/c1-14-3-5-16(6-4-14)20(24)9-17-7-8-18(10-20)23(17)13-15-11-21-19(25-2)22-12-15/h3-6,11-12,17-18,24H,7-10,13H2,1-2H3. The summed E-state index contributed by atoms with van der Waals surface area (Å²) in [7, 11) is 0. The molecule has 4 nitrogen and oxygen atoms in total. The summed E-state index contributed by atoms with van der Waals surface area (Å²) in [6, 6.07) is 9.27. The lowest BCUT2D eigenvalue weighted by Crippen LogP contribution is -2.49. The Morgan fingerprint density at radius 3 is 2.28 bits per heavy atom. The van der Waals surface area contributed by atoms with Crippen molar-refractivity contribution in [1.29, 1.82) is 0 Å². The number of nitrogens with zero attached hydrogens (tertiary/aromatic N) is 3. The first kappa shape index (κ1) is 17.0. The molecule has 2 aliphatic rings. The largest absolute Gasteiger partial charge is 0.385 e. The van der Waals surface area contributed by atoms with Crippen LogP contribution in [0.2, 0.25) is 0 Å². The van der Waals surface area contributed by atoms with Gasteiger partial charge in [0.2, 0.25) is 0 Å². The predicted octanol–water partition coefficient (Wildman–Crippen LogP) is 3.52. The highest BCUT2D eigenvalue weighted by Gasteiger charge is 2.48. The summed E-state index contributed by atoms with van der Waals surface area (Å²) >= 11 is 1.57. The van der Waals surface area contributed by atoms with Gasteiger partial charge in [0.1, 0.15) is 0 Å². The molecule has 2 aromatic rings. The van der Waals surface area contributed by atoms with Gasteiger partial charge in [0.15, 0.2) is 5.16 Å². The Morgan fingerprint density at radius 2 is 1.72 bits per heavy atom. The predicted molar refractivity (Wildman–Crippen MR) is 100 cm³/mol. The smallest absolute Gasteiger partial charge is 0.187 e. The molecule has 25 heavy (non-hydrogen) atoms. The van der Waals surface area contributed by atoms with Crippen molar-refractivity contribution in [2.24, 2.45) is 0 Å². The average molecular weight is 356 g/mol. The third kappa shape index (κ3) is 3.33. The number of fused-ring (bicyclic) bond motifs is 2. The fourth-order valence-electron chi connectivity index (χ4n) is 4.41. The SMILES string of the molecule is CSc1ncc(CN2C3CCC2CC(O)(c2ccc(C)cc2)C3)cn1. The highest BCUT2D eigenvalue weighted by atomic mass is 32.2. The van der Waals surface area contributed by atoms with Gasteiger partial charge in [-0.15, -0.1) is 0 Å². The van der Waals surface area contributed by atoms with E-state index in [9.17, 15) is 5.11 Å². The number of piperidine rings is 1. The molecule has 0 amide bonds. The molecule has 0 spiro atoms. The van der Waals surface area contributed by atoms with Crippen LogP contribution in [0.5, 0.6) is 0 Å². The molecule has 2 atom stereocenters. The molecule has 2 fully saturated rings. The summed E-state index contributed by atoms with van der Waals surface area (Å²) in [4.78, 5) is 11.3. The molecule has 3 heterocycles. The van der Waals surface area contributed by atoms with Crippen molar-refractivity contribution >= 4 is 11.8 Å². The second-order valence-electron chi connectivity index (χ2n) is 7.44. The fourth-order valence-corrected chi connectivity index (χ4v) is 4.73. The van der Waals surface area contributed by atoms with Crippen molar-refractivity contribution in [2.45, 2.75) is 62.0 Å². The van der Waals surface area contributed by atoms with Gasteiger partial charge in [0.05, 0.1) is 5.60 Å². The molecule has 0 radical (unpaired) electrons. The number of aromatic nitrogens is 2. The highest BCUT2D eigenvalue weighted by Crippen LogP contribution is 2.46. The van der Waals surface area contributed by atoms with Crippen LogP contribution >= 0.6 is 11.8 Å². The Hall–Kier alpha value is -1.43. The van der Waals surface area contributed by atoms with E-state index in [-0.39, 0.29) is 0 Å². The van der Waals surface area contributed by atoms with Gasteiger partial charge in [-0.2, -0.15) is 0 Å². The Kier molecular flexibility index (Phi) is 4.56. The number of aliphatic hydroxyl groups is 1. The molecule has 1 aromatic carbocycles. The van der Waals surface area contributed by atoms with E-state index in [0.717, 1.165) is 35.7 Å². The molecule has 2 bridgehead atoms. The van der Waals surface area contributed by atoms with Crippen molar-refractivity contribution < 1.29 is 5.11 Å². The Balaban J connectivity index is 1.50. The third-order valence-electron chi connectivity index (χ3n) is 5.74. The normalized spacial score (nSPS) is 29.1. The second kappa shape index (κ2) is 6.71. The van der Waals surface area contributed by atoms with Gasteiger partial charge in [-0.1, -0.05) is 41.6 Å². The average Bonchev–Trinajstić information content (AvgIpc) is 2.87. The van der Waals surface area contributed by atoms with E-state index in [2.05, 4.69) is 46.1 Å². The molecular formula is C20H25N3OS. The van der Waals surface area contributed by atoms with Gasteiger partial charge < -0.3 is 5.11 Å². The molecule has 2 aliphatic heterocycles. The van der Waals surface area contributed by atoms with Crippen molar-refractivity contribution in [3.63, 3.8) is 0 Å². The van der Waals surface area contributed by atoms with Crippen LogP contribution < -0.4 is 0 Å². The molecule has 132 valence electrons. The van der Waals surface area contributed by atoms with E-state index >= 15 is 0 Å². The van der Waals surface area contributed by atoms with Crippen molar-refractivity contribution in [3.05, 3.63) is 53.3 Å². The van der Waals surface area contributed by atoms with Crippen LogP contribution in [-0.4, -0.2) is 38.3 Å². The molecule has 5 heteroatoms. The number of benzene rings is 1. The quantitative estimate of drug-likeness (QED) is 0.672. The van der Waals surface area contributed by atoms with Gasteiger partial charge >= 0.3 is 0 Å². The molecule has 0 aliphatic carbocycles. The Labute approximate surface area is 153 Å². The number of thioether (sulfide) groups is 1. The lowest BCUT2D eigenvalue weighted by atomic mass is 9.80. The summed E-state index contributed by atoms with van der Waals surface area (Å²) < 4.78 is 0. The topological polar surface area (TPSA) is 49.2 Å². The van der Waals surface area contributed by atoms with Crippen LogP contribution in [0.3, 0.4) is 0 Å². The highest BCUT2D eigenvalue weighted by molar-refractivity contribution is 7.98. The maximum atomic E-state index is 11.3. The fraction of sp³-hybridized carbons (Fsp3) is 0.500. The summed E-state index contributed by atoms with van der Waals surface area (Å²) in [5.41, 5.74) is 2.79. The zero-order chi connectivity index (χ0) is 17.4. The van der Waals surface area contributed by atoms with Crippen molar-refractivity contribution in [3.8, 4) is 0 Å². The second-order valence-corrected chi connectivity index (χ2v) is 8.21. The van der Waals surface area contributed by atoms with Gasteiger partial charge in [-0.25, -0.2) is 9.97 Å². The minimum Gasteiger partial charge on any atom is -0.385 e. The van der Waals surface area contributed by atoms with Gasteiger partial charge in [0.25, 0.3) is 0 Å². The molecule has 2 unspecified atom stereocenters. The van der Waals surface area contributed by atoms with Crippen LogP contribution in [0.1, 0.15) is 42.4 Å². The van der Waals surface area contributed by atoms with E-state index in [1.165, 1.54) is 18.4 Å². The Morgan fingerprint density at radius 1 is 1.12 bits per heavy atom. The summed E-state index contributed by atoms with van der Waals surface area (Å²) in [5, 5.41) is 12.1. The first-order chi connectivity index (χ1) is 12.1. The van der Waals surface area contributed by atoms with E-state index in [1.54, 1.807) is 11.8 Å². The first-order valence-corrected chi connectivity index (χ1v) is 10.2. The van der Waals surface area contributed by atoms with Gasteiger partial charge in [-0.3, -0.25) is 4.90 Å². The molecule has 1 N–H and O–H groups in total. The van der Waals surface area contributed by atoms with Crippen LogP contribution in [-0.2, 0) is 12.1 Å². The van der Waals surface area contributed by atoms with Crippen molar-refractivity contribution in [2.75, 3.05) is 6.26 Å². The minimum atomic E-state index is -0.685. The van der Waals surface area contributed by atoms with Crippen LogP contribution in [0.15, 0.2) is 41.8 Å². The van der Waals surface area contributed by atoms with E-state index in [4.69, 9.17) is 0 Å². The first-order valence-electron chi connectivity index (χ1n) is 8.97. The zero-order valence-corrected chi connectivity index (χ0v) is 15.7. The molecule has 4 rings (SSSR count). The number of aryl methyl sites for hydroxylation is 1. The Bertz CT molecular complexity index is 718. The van der Waals surface area contributed by atoms with Gasteiger partial charge in [0, 0.05) is 36.6 Å². The van der Waals surface area contributed by atoms with Crippen LogP contribution in [0, 0.1) is 6.92 Å². The minimum absolute atomic E-state index is 0.435. The maximum absolute atomic E-state index is 11.3. The summed E-state index contributed by atoms with van der Waals surface area (Å²) in [6.07, 6.45) is 9.85. The molecule has 2 saturated heterocycles. The zero-order valence-electron chi connectivity index (χ0n) is 14.9. The summed E-state index contributed by atoms with van der Waals surface area (Å²) in [6.45, 7) is 2.97. The van der Waals surface area contributed by atoms with Crippen LogP contribution in [0.4, 0.5) is 0 Å². The maximum Gasteiger partial charge on any atom is 0.187 e. The lowest BCUT2D eigenvalue weighted by Gasteiger charge is -2.44.